The number of carbonyl (C=O) groups excluding carboxylic acids is 1. The average Bonchev–Trinajstić information content (AvgIpc) is 2.79. The van der Waals surface area contributed by atoms with Crippen LogP contribution in [0, 0.1) is 0 Å². The van der Waals surface area contributed by atoms with Crippen LogP contribution in [0.1, 0.15) is 26.4 Å². The van der Waals surface area contributed by atoms with Gasteiger partial charge in [-0.1, -0.05) is 12.1 Å². The number of rotatable bonds is 4. The number of hydrogen-bond donors (Lipinski definition) is 1. The Morgan fingerprint density at radius 1 is 1.09 bits per heavy atom. The molecule has 2 rings (SSSR count). The lowest BCUT2D eigenvalue weighted by Crippen LogP contribution is -2.16. The number of benzene rings is 1. The fraction of sp³-hybridized carbons (Fsp3) is 0.143. The van der Waals surface area contributed by atoms with Crippen molar-refractivity contribution in [1.29, 1.82) is 0 Å². The molecule has 0 spiro atoms. The van der Waals surface area contributed by atoms with Gasteiger partial charge >= 0.3 is 12.1 Å². The van der Waals surface area contributed by atoms with Crippen LogP contribution in [0.3, 0.4) is 0 Å². The van der Waals surface area contributed by atoms with E-state index in [0.717, 1.165) is 24.3 Å². The molecule has 1 aromatic heterocycles. The summed E-state index contributed by atoms with van der Waals surface area (Å²) in [5.74, 6) is -1.70. The summed E-state index contributed by atoms with van der Waals surface area (Å²) in [6.45, 7) is -0.291. The summed E-state index contributed by atoms with van der Waals surface area (Å²) in [5, 5.41) is 9.01. The van der Waals surface area contributed by atoms with Gasteiger partial charge in [-0.15, -0.1) is 0 Å². The fourth-order valence-electron chi connectivity index (χ4n) is 1.87. The van der Waals surface area contributed by atoms with Gasteiger partial charge in [0, 0.05) is 5.56 Å². The molecule has 0 amide bonds. The molecule has 0 saturated heterocycles. The smallest absolute Gasteiger partial charge is 0.416 e. The Kier molecular flexibility index (Phi) is 4.41. The molecule has 0 radical (unpaired) electrons. The fourth-order valence-corrected chi connectivity index (χ4v) is 2.32. The first-order chi connectivity index (χ1) is 10.2. The van der Waals surface area contributed by atoms with Crippen molar-refractivity contribution >= 4 is 27.7 Å². The summed E-state index contributed by atoms with van der Waals surface area (Å²) >= 11 is 3.12. The molecule has 116 valence electrons. The molecule has 0 bridgehead atoms. The lowest BCUT2D eigenvalue weighted by atomic mass is 10.1. The molecule has 1 heterocycles. The third-order valence-corrected chi connectivity index (χ3v) is 3.67. The van der Waals surface area contributed by atoms with Gasteiger partial charge in [-0.3, -0.25) is 4.79 Å². The van der Waals surface area contributed by atoms with Crippen LogP contribution >= 0.6 is 15.9 Å². The molecule has 1 N–H and O–H groups in total. The highest BCUT2D eigenvalue weighted by Gasteiger charge is 2.30. The van der Waals surface area contributed by atoms with Crippen molar-refractivity contribution in [2.75, 3.05) is 0 Å². The molecular weight excluding hydrogens is 367 g/mol. The normalized spacial score (nSPS) is 11.5. The lowest BCUT2D eigenvalue weighted by molar-refractivity contribution is -0.137. The maximum Gasteiger partial charge on any atom is 0.416 e. The number of carboxylic acid groups (broad SMARTS) is 1. The summed E-state index contributed by atoms with van der Waals surface area (Å²) in [7, 11) is 0. The number of ketones is 1. The quantitative estimate of drug-likeness (QED) is 0.825. The largest absolute Gasteiger partial charge is 0.477 e. The van der Waals surface area contributed by atoms with E-state index in [9.17, 15) is 22.8 Å². The molecular formula is C14H9BrF3NO3. The van der Waals surface area contributed by atoms with Crippen molar-refractivity contribution in [3.63, 3.8) is 0 Å². The number of Topliss-reactive ketones (excluding diaryl/α,β-unsaturated/α-hetero) is 1. The number of nitrogens with zero attached hydrogens (tertiary/aromatic N) is 1. The van der Waals surface area contributed by atoms with E-state index in [2.05, 4.69) is 15.9 Å². The van der Waals surface area contributed by atoms with Crippen LogP contribution in [0.5, 0.6) is 0 Å². The molecule has 0 fully saturated rings. The van der Waals surface area contributed by atoms with E-state index >= 15 is 0 Å². The number of halogens is 4. The van der Waals surface area contributed by atoms with E-state index < -0.39 is 23.5 Å². The number of hydrogen-bond acceptors (Lipinski definition) is 2. The number of aromatic carboxylic acids is 1. The van der Waals surface area contributed by atoms with Crippen molar-refractivity contribution in [3.8, 4) is 0 Å². The first-order valence-electron chi connectivity index (χ1n) is 5.99. The molecule has 22 heavy (non-hydrogen) atoms. The van der Waals surface area contributed by atoms with E-state index in [1.807, 2.05) is 0 Å². The third kappa shape index (κ3) is 3.38. The second-order valence-electron chi connectivity index (χ2n) is 4.43. The van der Waals surface area contributed by atoms with Crippen LogP contribution in [0.25, 0.3) is 0 Å². The molecule has 0 aliphatic heterocycles. The summed E-state index contributed by atoms with van der Waals surface area (Å²) in [5.41, 5.74) is -0.866. The first kappa shape index (κ1) is 16.3. The Morgan fingerprint density at radius 3 is 2.18 bits per heavy atom. The first-order valence-corrected chi connectivity index (χ1v) is 6.78. The topological polar surface area (TPSA) is 59.3 Å². The monoisotopic (exact) mass is 375 g/mol. The van der Waals surface area contributed by atoms with E-state index in [4.69, 9.17) is 5.11 Å². The number of carbonyl (C=O) groups is 2. The van der Waals surface area contributed by atoms with Crippen LogP contribution in [-0.4, -0.2) is 21.4 Å². The van der Waals surface area contributed by atoms with Crippen molar-refractivity contribution in [2.24, 2.45) is 0 Å². The second-order valence-corrected chi connectivity index (χ2v) is 5.24. The van der Waals surface area contributed by atoms with Crippen LogP contribution in [-0.2, 0) is 12.7 Å². The van der Waals surface area contributed by atoms with Crippen molar-refractivity contribution in [3.05, 3.63) is 57.8 Å². The summed E-state index contributed by atoms with van der Waals surface area (Å²) in [4.78, 5) is 23.1. The van der Waals surface area contributed by atoms with Crippen LogP contribution in [0.4, 0.5) is 13.2 Å². The summed E-state index contributed by atoms with van der Waals surface area (Å²) < 4.78 is 39.0. The number of carboxylic acids is 1. The van der Waals surface area contributed by atoms with Gasteiger partial charge in [0.1, 0.15) is 5.69 Å². The van der Waals surface area contributed by atoms with Gasteiger partial charge in [0.05, 0.1) is 16.7 Å². The zero-order valence-corrected chi connectivity index (χ0v) is 12.5. The van der Waals surface area contributed by atoms with Crippen molar-refractivity contribution in [2.45, 2.75) is 12.7 Å². The van der Waals surface area contributed by atoms with Crippen LogP contribution in [0.15, 0.2) is 41.0 Å². The standard InChI is InChI=1S/C14H9BrF3NO3/c15-12-6-5-10(13(21)22)19(12)7-11(20)8-1-3-9(4-2-8)14(16,17)18/h1-6H,7H2,(H,21,22). The van der Waals surface area contributed by atoms with Crippen molar-refractivity contribution < 1.29 is 27.9 Å². The van der Waals surface area contributed by atoms with Gasteiger partial charge in [-0.2, -0.15) is 13.2 Å². The predicted octanol–water partition coefficient (Wildman–Crippen LogP) is 3.85. The minimum absolute atomic E-state index is 0.0740. The Balaban J connectivity index is 2.23. The Morgan fingerprint density at radius 2 is 1.68 bits per heavy atom. The maximum atomic E-state index is 12.5. The van der Waals surface area contributed by atoms with Crippen molar-refractivity contribution in [1.82, 2.24) is 4.57 Å². The van der Waals surface area contributed by atoms with Gasteiger partial charge in [-0.25, -0.2) is 4.79 Å². The molecule has 8 heteroatoms. The summed E-state index contributed by atoms with van der Waals surface area (Å²) in [6.07, 6.45) is -4.47. The Hall–Kier alpha value is -2.09. The Bertz CT molecular complexity index is 720. The minimum Gasteiger partial charge on any atom is -0.477 e. The molecule has 4 nitrogen and oxygen atoms in total. The van der Waals surface area contributed by atoms with Gasteiger partial charge < -0.3 is 9.67 Å². The molecule has 1 aromatic carbocycles. The zero-order valence-electron chi connectivity index (χ0n) is 10.9. The maximum absolute atomic E-state index is 12.5. The predicted molar refractivity (Wildman–Crippen MR) is 74.9 cm³/mol. The average molecular weight is 376 g/mol. The van der Waals surface area contributed by atoms with Gasteiger partial charge in [-0.05, 0) is 40.2 Å². The highest BCUT2D eigenvalue weighted by atomic mass is 79.9. The van der Waals surface area contributed by atoms with E-state index in [0.29, 0.717) is 4.60 Å². The highest BCUT2D eigenvalue weighted by molar-refractivity contribution is 9.10. The lowest BCUT2D eigenvalue weighted by Gasteiger charge is -2.09. The Labute approximate surface area is 131 Å². The third-order valence-electron chi connectivity index (χ3n) is 2.98. The second kappa shape index (κ2) is 5.96. The number of alkyl halides is 3. The van der Waals surface area contributed by atoms with E-state index in [-0.39, 0.29) is 17.8 Å². The van der Waals surface area contributed by atoms with Gasteiger partial charge in [0.25, 0.3) is 0 Å². The SMILES string of the molecule is O=C(Cn1c(Br)ccc1C(=O)O)c1ccc(C(F)(F)F)cc1. The highest BCUT2D eigenvalue weighted by Crippen LogP contribution is 2.29. The van der Waals surface area contributed by atoms with Gasteiger partial charge in [0.2, 0.25) is 0 Å². The van der Waals surface area contributed by atoms with E-state index in [1.54, 1.807) is 0 Å². The minimum atomic E-state index is -4.47. The number of aromatic nitrogens is 1. The molecule has 0 unspecified atom stereocenters. The van der Waals surface area contributed by atoms with Gasteiger partial charge in [0.15, 0.2) is 5.78 Å². The van der Waals surface area contributed by atoms with Crippen LogP contribution < -0.4 is 0 Å². The zero-order chi connectivity index (χ0) is 16.5. The molecule has 2 aromatic rings. The van der Waals surface area contributed by atoms with Crippen LogP contribution in [0.2, 0.25) is 0 Å². The summed E-state index contributed by atoms with van der Waals surface area (Å²) in [6, 6.07) is 6.58. The molecule has 0 atom stereocenters. The molecule has 0 aliphatic carbocycles. The molecule has 0 aliphatic rings. The van der Waals surface area contributed by atoms with E-state index in [1.165, 1.54) is 16.7 Å². The molecule has 0 saturated carbocycles.